The molecule has 0 saturated heterocycles. The third-order valence-corrected chi connectivity index (χ3v) is 5.70. The van der Waals surface area contributed by atoms with Gasteiger partial charge in [0.25, 0.3) is 0 Å². The zero-order chi connectivity index (χ0) is 27.8. The predicted molar refractivity (Wildman–Crippen MR) is 152 cm³/mol. The van der Waals surface area contributed by atoms with E-state index in [9.17, 15) is 9.59 Å². The number of ether oxygens (including phenoxy) is 1. The number of amides is 1. The largest absolute Gasteiger partial charge is 0.494 e. The van der Waals surface area contributed by atoms with Crippen LogP contribution in [0.5, 0.6) is 5.75 Å². The molecule has 0 spiro atoms. The van der Waals surface area contributed by atoms with Gasteiger partial charge in [-0.15, -0.1) is 0 Å². The highest BCUT2D eigenvalue weighted by atomic mass is 35.5. The molecule has 0 bridgehead atoms. The van der Waals surface area contributed by atoms with Crippen LogP contribution in [0.15, 0.2) is 43.2 Å². The molecule has 0 radical (unpaired) electrons. The molecule has 2 aromatic heterocycles. The quantitative estimate of drug-likeness (QED) is 0.195. The van der Waals surface area contributed by atoms with Crippen LogP contribution in [0.1, 0.15) is 17.3 Å². The number of nitrogens with one attached hydrogen (secondary N) is 4. The molecule has 3 rings (SSSR count). The fourth-order valence-corrected chi connectivity index (χ4v) is 3.71. The molecule has 0 saturated carbocycles. The molecule has 3 aromatic rings. The van der Waals surface area contributed by atoms with Crippen molar-refractivity contribution < 1.29 is 14.3 Å². The second kappa shape index (κ2) is 12.8. The summed E-state index contributed by atoms with van der Waals surface area (Å²) in [5.41, 5.74) is 3.06. The summed E-state index contributed by atoms with van der Waals surface area (Å²) in [5.74, 6) is 0.667. The summed E-state index contributed by atoms with van der Waals surface area (Å²) in [6.45, 7) is 6.42. The minimum Gasteiger partial charge on any atom is -0.494 e. The molecule has 11 nitrogen and oxygen atoms in total. The zero-order valence-corrected chi connectivity index (χ0v) is 22.7. The Morgan fingerprint density at radius 2 is 1.89 bits per heavy atom. The number of hydrogen-bond donors (Lipinski definition) is 4. The van der Waals surface area contributed by atoms with Crippen molar-refractivity contribution >= 4 is 52.1 Å². The molecule has 200 valence electrons. The highest BCUT2D eigenvalue weighted by Crippen LogP contribution is 2.37. The summed E-state index contributed by atoms with van der Waals surface area (Å²) in [7, 11) is 7.18. The van der Waals surface area contributed by atoms with Crippen molar-refractivity contribution in [1.29, 1.82) is 0 Å². The number of Topliss-reactive ketones (excluding diaryl/α,β-unsaturated/α-hetero) is 1. The van der Waals surface area contributed by atoms with Crippen molar-refractivity contribution in [2.24, 2.45) is 0 Å². The van der Waals surface area contributed by atoms with Crippen LogP contribution in [0.3, 0.4) is 0 Å². The molecule has 0 fully saturated rings. The number of hydrogen-bond acceptors (Lipinski definition) is 10. The first-order chi connectivity index (χ1) is 18.2. The van der Waals surface area contributed by atoms with Gasteiger partial charge in [-0.2, -0.15) is 0 Å². The first kappa shape index (κ1) is 28.4. The lowest BCUT2D eigenvalue weighted by Crippen LogP contribution is -2.21. The van der Waals surface area contributed by atoms with Gasteiger partial charge in [0.15, 0.2) is 5.78 Å². The van der Waals surface area contributed by atoms with Crippen molar-refractivity contribution in [3.63, 3.8) is 0 Å². The van der Waals surface area contributed by atoms with Gasteiger partial charge in [-0.05, 0) is 39.2 Å². The second-order valence-corrected chi connectivity index (χ2v) is 8.87. The molecule has 1 aromatic carbocycles. The number of rotatable bonds is 12. The van der Waals surface area contributed by atoms with Crippen molar-refractivity contribution in [2.45, 2.75) is 6.92 Å². The van der Waals surface area contributed by atoms with E-state index < -0.39 is 0 Å². The minimum absolute atomic E-state index is 0.148. The highest BCUT2D eigenvalue weighted by Gasteiger charge is 2.17. The van der Waals surface area contributed by atoms with Gasteiger partial charge in [0.05, 0.1) is 46.6 Å². The summed E-state index contributed by atoms with van der Waals surface area (Å²) < 4.78 is 5.60. The molecular formula is C26H31ClN8O3. The number of halogens is 1. The van der Waals surface area contributed by atoms with Crippen molar-refractivity contribution in [3.8, 4) is 17.0 Å². The summed E-state index contributed by atoms with van der Waals surface area (Å²) >= 11 is 6.41. The van der Waals surface area contributed by atoms with Crippen molar-refractivity contribution in [2.75, 3.05) is 62.6 Å². The minimum atomic E-state index is -0.361. The Bertz CT molecular complexity index is 1350. The number of anilines is 5. The van der Waals surface area contributed by atoms with Crippen LogP contribution >= 0.6 is 11.6 Å². The van der Waals surface area contributed by atoms with Crippen LogP contribution in [0, 0.1) is 0 Å². The molecule has 0 aliphatic rings. The zero-order valence-electron chi connectivity index (χ0n) is 22.0. The van der Waals surface area contributed by atoms with Crippen molar-refractivity contribution in [1.82, 2.24) is 19.9 Å². The molecule has 0 aliphatic carbocycles. The molecule has 0 atom stereocenters. The third-order valence-electron chi connectivity index (χ3n) is 5.43. The van der Waals surface area contributed by atoms with Crippen LogP contribution in [0.2, 0.25) is 5.02 Å². The number of aromatic nitrogens is 3. The van der Waals surface area contributed by atoms with Crippen LogP contribution in [-0.2, 0) is 4.79 Å². The van der Waals surface area contributed by atoms with Gasteiger partial charge in [-0.25, -0.2) is 15.0 Å². The molecule has 4 N–H and O–H groups in total. The van der Waals surface area contributed by atoms with Crippen LogP contribution < -0.4 is 26.0 Å². The van der Waals surface area contributed by atoms with E-state index in [0.717, 1.165) is 6.54 Å². The number of ketones is 1. The average Bonchev–Trinajstić information content (AvgIpc) is 2.90. The molecule has 2 heterocycles. The number of carbonyl (C=O) groups excluding carboxylic acids is 2. The van der Waals surface area contributed by atoms with E-state index >= 15 is 0 Å². The normalized spacial score (nSPS) is 10.6. The van der Waals surface area contributed by atoms with Crippen LogP contribution in [0.25, 0.3) is 11.3 Å². The second-order valence-electron chi connectivity index (χ2n) is 8.46. The molecule has 1 amide bonds. The Morgan fingerprint density at radius 3 is 2.53 bits per heavy atom. The first-order valence-electron chi connectivity index (χ1n) is 11.7. The smallest absolute Gasteiger partial charge is 0.247 e. The molecule has 0 unspecified atom stereocenters. The summed E-state index contributed by atoms with van der Waals surface area (Å²) in [6.07, 6.45) is 4.22. The van der Waals surface area contributed by atoms with E-state index in [4.69, 9.17) is 16.3 Å². The van der Waals surface area contributed by atoms with Gasteiger partial charge in [0, 0.05) is 38.0 Å². The maximum Gasteiger partial charge on any atom is 0.247 e. The Kier molecular flexibility index (Phi) is 9.58. The lowest BCUT2D eigenvalue weighted by atomic mass is 10.1. The number of pyridine rings is 1. The number of nitrogens with zero attached hydrogens (tertiary/aromatic N) is 4. The summed E-state index contributed by atoms with van der Waals surface area (Å²) in [5, 5.41) is 12.5. The standard InChI is InChI=1S/C26H31ClN8O3/c1-7-23(37)32-20-11-21(22(38-6)12-19(20)29-8-9-35(4)5)33-26-31-14-18(27)24(34-26)16-10-17(15(2)36)25(28-3)30-13-16/h7,10-14,29H,1,8-9H2,2-6H3,(H,28,30)(H,32,37)(H,31,33,34). The average molecular weight is 539 g/mol. The number of benzene rings is 1. The van der Waals surface area contributed by atoms with E-state index in [2.05, 4.69) is 42.8 Å². The summed E-state index contributed by atoms with van der Waals surface area (Å²) in [6, 6.07) is 5.16. The first-order valence-corrected chi connectivity index (χ1v) is 12.1. The van der Waals surface area contributed by atoms with E-state index in [0.29, 0.717) is 52.0 Å². The molecule has 0 aliphatic heterocycles. The molecule has 38 heavy (non-hydrogen) atoms. The fourth-order valence-electron chi connectivity index (χ4n) is 3.51. The molecular weight excluding hydrogens is 508 g/mol. The Balaban J connectivity index is 2.00. The van der Waals surface area contributed by atoms with Crippen LogP contribution in [0.4, 0.5) is 28.8 Å². The van der Waals surface area contributed by atoms with Gasteiger partial charge in [-0.3, -0.25) is 9.59 Å². The van der Waals surface area contributed by atoms with E-state index in [1.165, 1.54) is 19.2 Å². The van der Waals surface area contributed by atoms with E-state index in [1.54, 1.807) is 38.6 Å². The van der Waals surface area contributed by atoms with Gasteiger partial charge in [-0.1, -0.05) is 18.2 Å². The lowest BCUT2D eigenvalue weighted by Gasteiger charge is -2.19. The van der Waals surface area contributed by atoms with Gasteiger partial charge in [0.1, 0.15) is 11.6 Å². The SMILES string of the molecule is C=CC(=O)Nc1cc(Nc2ncc(Cl)c(-c3cnc(NC)c(C(C)=O)c3)n2)c(OC)cc1NCCN(C)C. The Labute approximate surface area is 226 Å². The Hall–Kier alpha value is -4.22. The molecule has 12 heteroatoms. The maximum absolute atomic E-state index is 12.1. The van der Waals surface area contributed by atoms with Gasteiger partial charge < -0.3 is 30.9 Å². The predicted octanol–water partition coefficient (Wildman–Crippen LogP) is 4.29. The number of carbonyl (C=O) groups is 2. The third kappa shape index (κ3) is 6.96. The highest BCUT2D eigenvalue weighted by molar-refractivity contribution is 6.33. The van der Waals surface area contributed by atoms with E-state index in [1.807, 2.05) is 19.0 Å². The monoisotopic (exact) mass is 538 g/mol. The van der Waals surface area contributed by atoms with Gasteiger partial charge in [0.2, 0.25) is 11.9 Å². The number of likely N-dealkylation sites (N-methyl/N-ethyl adjacent to an activating group) is 1. The van der Waals surface area contributed by atoms with Gasteiger partial charge >= 0.3 is 0 Å². The van der Waals surface area contributed by atoms with E-state index in [-0.39, 0.29) is 22.7 Å². The fraction of sp³-hybridized carbons (Fsp3) is 0.269. The number of methoxy groups -OCH3 is 1. The van der Waals surface area contributed by atoms with Crippen LogP contribution in [-0.4, -0.2) is 72.9 Å². The lowest BCUT2D eigenvalue weighted by molar-refractivity contribution is -0.111. The topological polar surface area (TPSA) is 133 Å². The van der Waals surface area contributed by atoms with Crippen molar-refractivity contribution in [3.05, 3.63) is 53.8 Å². The summed E-state index contributed by atoms with van der Waals surface area (Å²) in [4.78, 5) is 39.4. The maximum atomic E-state index is 12.1. The Morgan fingerprint density at radius 1 is 1.13 bits per heavy atom.